The number of thioether (sulfide) groups is 1. The third-order valence-corrected chi connectivity index (χ3v) is 5.49. The van der Waals surface area contributed by atoms with Crippen molar-refractivity contribution in [2.24, 2.45) is 0 Å². The maximum Gasteiger partial charge on any atom is 0.303 e. The average Bonchev–Trinajstić information content (AvgIpc) is 2.98. The first-order chi connectivity index (χ1) is 11.6. The SMILES string of the molecule is O=C(O)CCCCCN1CSc2nnc(-c3ccc(Br)cc3)n2C1. The quantitative estimate of drug-likeness (QED) is 0.701. The van der Waals surface area contributed by atoms with Crippen LogP contribution in [-0.4, -0.2) is 43.2 Å². The molecule has 0 aliphatic carbocycles. The van der Waals surface area contributed by atoms with Gasteiger partial charge in [-0.25, -0.2) is 0 Å². The van der Waals surface area contributed by atoms with E-state index in [1.165, 1.54) is 0 Å². The molecule has 2 heterocycles. The number of unbranched alkanes of at least 4 members (excludes halogenated alkanes) is 2. The molecular weight excluding hydrogens is 392 g/mol. The van der Waals surface area contributed by atoms with Gasteiger partial charge in [0.15, 0.2) is 11.0 Å². The molecule has 1 N–H and O–H groups in total. The summed E-state index contributed by atoms with van der Waals surface area (Å²) in [4.78, 5) is 12.9. The maximum absolute atomic E-state index is 10.5. The van der Waals surface area contributed by atoms with Gasteiger partial charge >= 0.3 is 5.97 Å². The summed E-state index contributed by atoms with van der Waals surface area (Å²) in [6, 6.07) is 8.09. The third-order valence-electron chi connectivity index (χ3n) is 3.90. The molecule has 1 aromatic carbocycles. The van der Waals surface area contributed by atoms with E-state index in [4.69, 9.17) is 5.11 Å². The van der Waals surface area contributed by atoms with Gasteiger partial charge in [-0.2, -0.15) is 0 Å². The number of aromatic nitrogens is 3. The molecule has 0 saturated heterocycles. The van der Waals surface area contributed by atoms with Gasteiger partial charge in [-0.15, -0.1) is 10.2 Å². The predicted molar refractivity (Wildman–Crippen MR) is 96.7 cm³/mol. The number of fused-ring (bicyclic) bond motifs is 1. The summed E-state index contributed by atoms with van der Waals surface area (Å²) in [5.41, 5.74) is 1.06. The van der Waals surface area contributed by atoms with Crippen molar-refractivity contribution in [1.82, 2.24) is 19.7 Å². The second-order valence-electron chi connectivity index (χ2n) is 5.75. The van der Waals surface area contributed by atoms with Crippen molar-refractivity contribution in [3.05, 3.63) is 28.7 Å². The van der Waals surface area contributed by atoms with Gasteiger partial charge in [-0.3, -0.25) is 14.3 Å². The number of halogens is 1. The van der Waals surface area contributed by atoms with Crippen LogP contribution in [0.1, 0.15) is 25.7 Å². The number of carboxylic acid groups (broad SMARTS) is 1. The Morgan fingerprint density at radius 3 is 2.75 bits per heavy atom. The van der Waals surface area contributed by atoms with E-state index in [2.05, 4.69) is 35.6 Å². The molecule has 8 heteroatoms. The fourth-order valence-electron chi connectivity index (χ4n) is 2.65. The predicted octanol–water partition coefficient (Wildman–Crippen LogP) is 3.68. The first-order valence-corrected chi connectivity index (χ1v) is 9.67. The Morgan fingerprint density at radius 1 is 1.21 bits per heavy atom. The summed E-state index contributed by atoms with van der Waals surface area (Å²) < 4.78 is 3.19. The lowest BCUT2D eigenvalue weighted by Gasteiger charge is -2.27. The third kappa shape index (κ3) is 4.37. The molecule has 0 bridgehead atoms. The number of hydrogen-bond donors (Lipinski definition) is 1. The van der Waals surface area contributed by atoms with Crippen LogP contribution in [0.2, 0.25) is 0 Å². The number of carbonyl (C=O) groups is 1. The molecule has 1 aliphatic rings. The number of aliphatic carboxylic acids is 1. The summed E-state index contributed by atoms with van der Waals surface area (Å²) in [6.45, 7) is 1.74. The zero-order valence-electron chi connectivity index (χ0n) is 13.2. The minimum atomic E-state index is -0.711. The Hall–Kier alpha value is -1.38. The molecule has 2 aromatic rings. The largest absolute Gasteiger partial charge is 0.481 e. The standard InChI is InChI=1S/C16H19BrN4O2S/c17-13-7-5-12(6-8-13)15-18-19-16-21(15)10-20(11-24-16)9-3-1-2-4-14(22)23/h5-8H,1-4,9-11H2,(H,22,23). The fourth-order valence-corrected chi connectivity index (χ4v) is 3.82. The Balaban J connectivity index is 1.59. The van der Waals surface area contributed by atoms with Gasteiger partial charge < -0.3 is 5.11 Å². The van der Waals surface area contributed by atoms with Crippen LogP contribution in [0.4, 0.5) is 0 Å². The highest BCUT2D eigenvalue weighted by molar-refractivity contribution is 9.10. The summed E-state index contributed by atoms with van der Waals surface area (Å²) >= 11 is 5.15. The lowest BCUT2D eigenvalue weighted by molar-refractivity contribution is -0.137. The van der Waals surface area contributed by atoms with Gasteiger partial charge in [-0.05, 0) is 25.0 Å². The first kappa shape index (κ1) is 17.4. The van der Waals surface area contributed by atoms with Gasteiger partial charge in [-0.1, -0.05) is 46.2 Å². The van der Waals surface area contributed by atoms with Crippen molar-refractivity contribution in [3.8, 4) is 11.4 Å². The van der Waals surface area contributed by atoms with Crippen LogP contribution >= 0.6 is 27.7 Å². The highest BCUT2D eigenvalue weighted by Gasteiger charge is 2.22. The first-order valence-electron chi connectivity index (χ1n) is 7.89. The Kier molecular flexibility index (Phi) is 5.91. The van der Waals surface area contributed by atoms with Crippen molar-refractivity contribution in [1.29, 1.82) is 0 Å². The number of hydrogen-bond acceptors (Lipinski definition) is 5. The van der Waals surface area contributed by atoms with Crippen LogP contribution in [0.25, 0.3) is 11.4 Å². The van der Waals surface area contributed by atoms with E-state index in [0.29, 0.717) is 0 Å². The van der Waals surface area contributed by atoms with Crippen molar-refractivity contribution < 1.29 is 9.90 Å². The molecule has 0 spiro atoms. The van der Waals surface area contributed by atoms with Gasteiger partial charge in [0.05, 0.1) is 12.5 Å². The fraction of sp³-hybridized carbons (Fsp3) is 0.438. The molecule has 1 aliphatic heterocycles. The van der Waals surface area contributed by atoms with E-state index < -0.39 is 5.97 Å². The second-order valence-corrected chi connectivity index (χ2v) is 7.58. The Labute approximate surface area is 153 Å². The highest BCUT2D eigenvalue weighted by Crippen LogP contribution is 2.29. The van der Waals surface area contributed by atoms with Crippen LogP contribution < -0.4 is 0 Å². The Bertz CT molecular complexity index is 705. The van der Waals surface area contributed by atoms with Crippen LogP contribution in [0.5, 0.6) is 0 Å². The molecule has 6 nitrogen and oxygen atoms in total. The van der Waals surface area contributed by atoms with E-state index in [-0.39, 0.29) is 6.42 Å². The van der Waals surface area contributed by atoms with Crippen molar-refractivity contribution in [2.45, 2.75) is 37.5 Å². The van der Waals surface area contributed by atoms with Crippen molar-refractivity contribution in [3.63, 3.8) is 0 Å². The lowest BCUT2D eigenvalue weighted by atomic mass is 10.2. The van der Waals surface area contributed by atoms with Gasteiger partial charge in [0.25, 0.3) is 0 Å². The zero-order chi connectivity index (χ0) is 16.9. The lowest BCUT2D eigenvalue weighted by Crippen LogP contribution is -2.31. The van der Waals surface area contributed by atoms with E-state index in [0.717, 1.165) is 59.4 Å². The number of benzene rings is 1. The molecule has 0 fully saturated rings. The monoisotopic (exact) mass is 410 g/mol. The number of carboxylic acids is 1. The average molecular weight is 411 g/mol. The Morgan fingerprint density at radius 2 is 2.00 bits per heavy atom. The molecule has 0 saturated carbocycles. The van der Waals surface area contributed by atoms with Crippen LogP contribution in [0, 0.1) is 0 Å². The minimum Gasteiger partial charge on any atom is -0.481 e. The smallest absolute Gasteiger partial charge is 0.303 e. The van der Waals surface area contributed by atoms with Gasteiger partial charge in [0.2, 0.25) is 0 Å². The van der Waals surface area contributed by atoms with Crippen LogP contribution in [-0.2, 0) is 11.5 Å². The number of nitrogens with zero attached hydrogens (tertiary/aromatic N) is 4. The van der Waals surface area contributed by atoms with Crippen LogP contribution in [0.15, 0.2) is 33.9 Å². The van der Waals surface area contributed by atoms with Gasteiger partial charge in [0, 0.05) is 23.0 Å². The highest BCUT2D eigenvalue weighted by atomic mass is 79.9. The molecule has 0 radical (unpaired) electrons. The molecule has 1 aromatic heterocycles. The van der Waals surface area contributed by atoms with E-state index in [9.17, 15) is 4.79 Å². The van der Waals surface area contributed by atoms with Crippen molar-refractivity contribution >= 4 is 33.7 Å². The molecular formula is C16H19BrN4O2S. The summed E-state index contributed by atoms with van der Waals surface area (Å²) in [5.74, 6) is 1.08. The van der Waals surface area contributed by atoms with E-state index >= 15 is 0 Å². The van der Waals surface area contributed by atoms with Gasteiger partial charge in [0.1, 0.15) is 0 Å². The molecule has 128 valence electrons. The van der Waals surface area contributed by atoms with Crippen LogP contribution in [0.3, 0.4) is 0 Å². The summed E-state index contributed by atoms with van der Waals surface area (Å²) in [6.07, 6.45) is 2.97. The molecule has 0 atom stereocenters. The molecule has 0 unspecified atom stereocenters. The summed E-state index contributed by atoms with van der Waals surface area (Å²) in [5, 5.41) is 18.3. The second kappa shape index (κ2) is 8.13. The normalized spacial score (nSPS) is 14.5. The molecule has 24 heavy (non-hydrogen) atoms. The molecule has 3 rings (SSSR count). The van der Waals surface area contributed by atoms with E-state index in [1.54, 1.807) is 11.8 Å². The van der Waals surface area contributed by atoms with E-state index in [1.807, 2.05) is 24.3 Å². The minimum absolute atomic E-state index is 0.262. The molecule has 0 amide bonds. The topological polar surface area (TPSA) is 71.2 Å². The van der Waals surface area contributed by atoms with Crippen molar-refractivity contribution in [2.75, 3.05) is 12.4 Å². The number of rotatable bonds is 7. The zero-order valence-corrected chi connectivity index (χ0v) is 15.6. The maximum atomic E-state index is 10.5. The summed E-state index contributed by atoms with van der Waals surface area (Å²) in [7, 11) is 0.